The van der Waals surface area contributed by atoms with Crippen molar-refractivity contribution in [3.05, 3.63) is 24.3 Å². The normalized spacial score (nSPS) is 37.0. The van der Waals surface area contributed by atoms with Gasteiger partial charge in [-0.05, 0) is 0 Å². The summed E-state index contributed by atoms with van der Waals surface area (Å²) in [5.74, 6) is 0. The number of hydrogen-bond acceptors (Lipinski definition) is 6. The highest BCUT2D eigenvalue weighted by molar-refractivity contribution is 5.16. The van der Waals surface area contributed by atoms with E-state index in [4.69, 9.17) is 29.9 Å². The molecular formula is C22H44O6. The molecule has 6 heteroatoms. The molecule has 0 aromatic rings. The maximum atomic E-state index is 9.06. The Balaban J connectivity index is 0. The van der Waals surface area contributed by atoms with Crippen LogP contribution < -0.4 is 0 Å². The SMILES string of the molecule is CC.CC.CCC.CCC.O[C@@H]1C2OC2C=C[C@@H]1O.O[C@@H]1[C@H](O)C=CC2O[C@H]21. The predicted molar refractivity (Wildman–Crippen MR) is 114 cm³/mol. The van der Waals surface area contributed by atoms with Crippen LogP contribution in [-0.2, 0) is 9.47 Å². The molecular weight excluding hydrogens is 360 g/mol. The van der Waals surface area contributed by atoms with Crippen molar-refractivity contribution in [3.8, 4) is 0 Å². The number of ether oxygens (including phenoxy) is 2. The smallest absolute Gasteiger partial charge is 0.117 e. The fraction of sp³-hybridized carbons (Fsp3) is 0.818. The minimum atomic E-state index is -0.728. The van der Waals surface area contributed by atoms with Crippen molar-refractivity contribution in [2.45, 2.75) is 117 Å². The summed E-state index contributed by atoms with van der Waals surface area (Å²) in [4.78, 5) is 0. The molecule has 0 aromatic carbocycles. The van der Waals surface area contributed by atoms with Gasteiger partial charge >= 0.3 is 0 Å². The molecule has 4 aliphatic rings. The largest absolute Gasteiger partial charge is 0.387 e. The maximum absolute atomic E-state index is 9.06. The Morgan fingerprint density at radius 1 is 0.571 bits per heavy atom. The molecule has 2 fully saturated rings. The van der Waals surface area contributed by atoms with Gasteiger partial charge < -0.3 is 29.9 Å². The summed E-state index contributed by atoms with van der Waals surface area (Å²) in [5, 5.41) is 36.0. The molecule has 4 rings (SSSR count). The number of aliphatic hydroxyl groups is 4. The molecule has 0 aromatic heterocycles. The van der Waals surface area contributed by atoms with E-state index in [0.717, 1.165) is 0 Å². The number of rotatable bonds is 0. The van der Waals surface area contributed by atoms with E-state index in [2.05, 4.69) is 27.7 Å². The number of epoxide rings is 2. The van der Waals surface area contributed by atoms with E-state index in [1.807, 2.05) is 27.7 Å². The quantitative estimate of drug-likeness (QED) is 0.365. The van der Waals surface area contributed by atoms with E-state index in [1.54, 1.807) is 24.3 Å². The van der Waals surface area contributed by atoms with Crippen LogP contribution in [0.3, 0.4) is 0 Å². The van der Waals surface area contributed by atoms with Crippen LogP contribution in [0, 0.1) is 0 Å². The molecule has 28 heavy (non-hydrogen) atoms. The van der Waals surface area contributed by atoms with Gasteiger partial charge in [0.1, 0.15) is 48.8 Å². The molecule has 2 aliphatic heterocycles. The van der Waals surface area contributed by atoms with E-state index >= 15 is 0 Å². The minimum absolute atomic E-state index is 0.0726. The van der Waals surface area contributed by atoms with Crippen molar-refractivity contribution in [2.24, 2.45) is 0 Å². The summed E-state index contributed by atoms with van der Waals surface area (Å²) in [6, 6.07) is 0. The van der Waals surface area contributed by atoms with Crippen molar-refractivity contribution < 1.29 is 29.9 Å². The van der Waals surface area contributed by atoms with Gasteiger partial charge in [0.15, 0.2) is 0 Å². The van der Waals surface area contributed by atoms with Gasteiger partial charge in [-0.2, -0.15) is 0 Å². The zero-order chi connectivity index (χ0) is 22.3. The molecule has 3 unspecified atom stereocenters. The monoisotopic (exact) mass is 404 g/mol. The number of hydrogen-bond donors (Lipinski definition) is 4. The van der Waals surface area contributed by atoms with Crippen LogP contribution in [0.1, 0.15) is 68.2 Å². The first-order valence-corrected chi connectivity index (χ1v) is 10.8. The van der Waals surface area contributed by atoms with Crippen LogP contribution in [0.25, 0.3) is 0 Å². The summed E-state index contributed by atoms with van der Waals surface area (Å²) in [6.45, 7) is 16.5. The molecule has 0 amide bonds. The molecule has 168 valence electrons. The lowest BCUT2D eigenvalue weighted by atomic mass is 10.0. The third-order valence-corrected chi connectivity index (χ3v) is 3.49. The molecule has 0 bridgehead atoms. The minimum Gasteiger partial charge on any atom is -0.387 e. The summed E-state index contributed by atoms with van der Waals surface area (Å²) < 4.78 is 9.93. The highest BCUT2D eigenvalue weighted by Crippen LogP contribution is 2.32. The molecule has 2 saturated heterocycles. The Bertz CT molecular complexity index is 374. The third kappa shape index (κ3) is 10.7. The zero-order valence-electron chi connectivity index (χ0n) is 18.9. The second-order valence-electron chi connectivity index (χ2n) is 6.28. The lowest BCUT2D eigenvalue weighted by Gasteiger charge is -2.13. The van der Waals surface area contributed by atoms with Gasteiger partial charge in [0, 0.05) is 0 Å². The van der Waals surface area contributed by atoms with Gasteiger partial charge in [0.25, 0.3) is 0 Å². The van der Waals surface area contributed by atoms with E-state index in [0.29, 0.717) is 0 Å². The van der Waals surface area contributed by atoms with Crippen LogP contribution in [0.5, 0.6) is 0 Å². The second kappa shape index (κ2) is 17.1. The average Bonchev–Trinajstić information content (AvgIpc) is 3.61. The average molecular weight is 405 g/mol. The van der Waals surface area contributed by atoms with Gasteiger partial charge in [-0.3, -0.25) is 0 Å². The fourth-order valence-corrected chi connectivity index (χ4v) is 2.19. The van der Waals surface area contributed by atoms with Gasteiger partial charge in [-0.25, -0.2) is 0 Å². The van der Waals surface area contributed by atoms with Crippen molar-refractivity contribution in [2.75, 3.05) is 0 Å². The van der Waals surface area contributed by atoms with Gasteiger partial charge in [-0.15, -0.1) is 0 Å². The first-order chi connectivity index (χ1) is 13.4. The van der Waals surface area contributed by atoms with Gasteiger partial charge in [0.05, 0.1) is 0 Å². The van der Waals surface area contributed by atoms with Crippen LogP contribution in [0.2, 0.25) is 0 Å². The summed E-state index contributed by atoms with van der Waals surface area (Å²) in [6.07, 6.45) is 6.20. The molecule has 8 atom stereocenters. The number of aliphatic hydroxyl groups excluding tert-OH is 4. The fourth-order valence-electron chi connectivity index (χ4n) is 2.19. The topological polar surface area (TPSA) is 106 Å². The highest BCUT2D eigenvalue weighted by atomic mass is 16.6. The lowest BCUT2D eigenvalue weighted by molar-refractivity contribution is 0.0287. The van der Waals surface area contributed by atoms with E-state index in [-0.39, 0.29) is 24.4 Å². The zero-order valence-corrected chi connectivity index (χ0v) is 18.9. The van der Waals surface area contributed by atoms with E-state index in [1.165, 1.54) is 12.8 Å². The predicted octanol–water partition coefficient (Wildman–Crippen LogP) is 2.98. The third-order valence-electron chi connectivity index (χ3n) is 3.49. The van der Waals surface area contributed by atoms with Gasteiger partial charge in [-0.1, -0.05) is 92.5 Å². The Kier molecular flexibility index (Phi) is 18.0. The van der Waals surface area contributed by atoms with Crippen molar-refractivity contribution in [1.29, 1.82) is 0 Å². The van der Waals surface area contributed by atoms with E-state index in [9.17, 15) is 0 Å². The summed E-state index contributed by atoms with van der Waals surface area (Å²) in [7, 11) is 0. The molecule has 0 radical (unpaired) electrons. The first kappa shape index (κ1) is 29.4. The molecule has 6 nitrogen and oxygen atoms in total. The van der Waals surface area contributed by atoms with Crippen molar-refractivity contribution >= 4 is 0 Å². The molecule has 2 aliphatic carbocycles. The number of fused-ring (bicyclic) bond motifs is 2. The molecule has 2 heterocycles. The Morgan fingerprint density at radius 2 is 0.821 bits per heavy atom. The molecule has 0 spiro atoms. The maximum Gasteiger partial charge on any atom is 0.117 e. The van der Waals surface area contributed by atoms with E-state index < -0.39 is 24.4 Å². The summed E-state index contributed by atoms with van der Waals surface area (Å²) >= 11 is 0. The first-order valence-electron chi connectivity index (χ1n) is 10.8. The Hall–Kier alpha value is -0.760. The Morgan fingerprint density at radius 3 is 1.04 bits per heavy atom. The van der Waals surface area contributed by atoms with Crippen molar-refractivity contribution in [3.63, 3.8) is 0 Å². The molecule has 4 N–H and O–H groups in total. The van der Waals surface area contributed by atoms with Crippen LogP contribution in [0.15, 0.2) is 24.3 Å². The second-order valence-corrected chi connectivity index (χ2v) is 6.28. The lowest BCUT2D eigenvalue weighted by Crippen LogP contribution is -2.32. The molecule has 0 saturated carbocycles. The Labute approximate surface area is 171 Å². The van der Waals surface area contributed by atoms with Crippen molar-refractivity contribution in [1.82, 2.24) is 0 Å². The van der Waals surface area contributed by atoms with Crippen LogP contribution >= 0.6 is 0 Å². The van der Waals surface area contributed by atoms with Gasteiger partial charge in [0.2, 0.25) is 0 Å². The summed E-state index contributed by atoms with van der Waals surface area (Å²) in [5.41, 5.74) is 0. The van der Waals surface area contributed by atoms with Crippen LogP contribution in [0.4, 0.5) is 0 Å². The standard InChI is InChI=1S/2C6H8O3.2C3H8.2C2H6/c2*7-3-1-2-4-6(9-4)5(3)8;2*1-3-2;2*1-2/h2*1-8H;2*3H2,1-2H3;2*1-2H3/t3-,4?,5-,6?;3-,4?,5-,6-;;;;/m01..../s1. The highest BCUT2D eigenvalue weighted by Gasteiger charge is 2.48. The van der Waals surface area contributed by atoms with Crippen LogP contribution in [-0.4, -0.2) is 69.3 Å².